The zero-order valence-corrected chi connectivity index (χ0v) is 18.3. The molecule has 0 atom stereocenters. The van der Waals surface area contributed by atoms with Crippen LogP contribution in [-0.2, 0) is 15.8 Å². The molecule has 1 aromatic heterocycles. The number of aromatic nitrogens is 1. The highest BCUT2D eigenvalue weighted by molar-refractivity contribution is 7.89. The summed E-state index contributed by atoms with van der Waals surface area (Å²) in [6.45, 7) is 0.251. The number of sulfonamides is 1. The lowest BCUT2D eigenvalue weighted by atomic mass is 9.77. The number of rotatable bonds is 6. The summed E-state index contributed by atoms with van der Waals surface area (Å²) in [4.78, 5) is 19.0. The first-order valence-corrected chi connectivity index (χ1v) is 11.6. The monoisotopic (exact) mass is 443 g/mol. The number of carbonyl (C=O) groups excluding carboxylic acids is 1. The normalized spacial score (nSPS) is 18.2. The van der Waals surface area contributed by atoms with Crippen LogP contribution in [0.1, 0.15) is 40.7 Å². The number of nitrogens with one attached hydrogen (secondary N) is 1. The van der Waals surface area contributed by atoms with E-state index in [1.165, 1.54) is 0 Å². The largest absolute Gasteiger partial charge is 0.490 e. The van der Waals surface area contributed by atoms with E-state index in [1.54, 1.807) is 36.5 Å². The summed E-state index contributed by atoms with van der Waals surface area (Å²) >= 11 is 0. The maximum Gasteiger partial charge on any atom is 0.259 e. The number of nitrogens with two attached hydrogens (primary N) is 1. The molecule has 1 saturated carbocycles. The molecule has 10 heteroatoms. The molecule has 0 spiro atoms. The summed E-state index contributed by atoms with van der Waals surface area (Å²) in [5, 5.41) is 3.12. The maximum absolute atomic E-state index is 12.9. The molecule has 0 saturated heterocycles. The van der Waals surface area contributed by atoms with Crippen molar-refractivity contribution in [2.75, 3.05) is 25.6 Å². The van der Waals surface area contributed by atoms with Gasteiger partial charge in [-0.3, -0.25) is 4.79 Å². The number of hydrogen-bond acceptors (Lipinski definition) is 7. The van der Waals surface area contributed by atoms with Gasteiger partial charge in [0.05, 0.1) is 16.9 Å². The van der Waals surface area contributed by atoms with Gasteiger partial charge in [-0.25, -0.2) is 13.4 Å². The fourth-order valence-corrected chi connectivity index (χ4v) is 4.86. The molecule has 2 aliphatic rings. The van der Waals surface area contributed by atoms with E-state index in [0.29, 0.717) is 28.3 Å². The summed E-state index contributed by atoms with van der Waals surface area (Å²) in [7, 11) is 0.121. The van der Waals surface area contributed by atoms with Crippen LogP contribution < -0.4 is 20.7 Å². The quantitative estimate of drug-likeness (QED) is 0.691. The summed E-state index contributed by atoms with van der Waals surface area (Å²) < 4.78 is 33.4. The number of fused-ring (bicyclic) bond motifs is 1. The second-order valence-corrected chi connectivity index (χ2v) is 9.80. The predicted molar refractivity (Wildman–Crippen MR) is 118 cm³/mol. The van der Waals surface area contributed by atoms with Gasteiger partial charge in [0.25, 0.3) is 15.9 Å². The molecule has 0 unspecified atom stereocenters. The van der Waals surface area contributed by atoms with Crippen LogP contribution in [0.2, 0.25) is 0 Å². The zero-order chi connectivity index (χ0) is 22.2. The molecule has 0 bridgehead atoms. The predicted octanol–water partition coefficient (Wildman–Crippen LogP) is 1.43. The number of nitrogens with zero attached hydrogens (tertiary/aromatic N) is 3. The maximum atomic E-state index is 12.9. The fourth-order valence-electron chi connectivity index (χ4n) is 3.77. The van der Waals surface area contributed by atoms with Crippen molar-refractivity contribution in [3.8, 4) is 5.75 Å². The van der Waals surface area contributed by atoms with E-state index in [1.807, 2.05) is 19.0 Å². The number of carbonyl (C=O) groups is 1. The lowest BCUT2D eigenvalue weighted by Gasteiger charge is -2.42. The lowest BCUT2D eigenvalue weighted by Crippen LogP contribution is -2.57. The van der Waals surface area contributed by atoms with E-state index < -0.39 is 15.6 Å². The van der Waals surface area contributed by atoms with Crippen molar-refractivity contribution >= 4 is 27.6 Å². The van der Waals surface area contributed by atoms with E-state index >= 15 is 0 Å². The molecule has 1 amide bonds. The molecule has 9 nitrogen and oxygen atoms in total. The van der Waals surface area contributed by atoms with Crippen LogP contribution in [0.5, 0.6) is 5.75 Å². The Kier molecular flexibility index (Phi) is 5.34. The Hall–Kier alpha value is -3.14. The number of hydrogen-bond donors (Lipinski definition) is 2. The Labute approximate surface area is 181 Å². The van der Waals surface area contributed by atoms with Gasteiger partial charge in [0, 0.05) is 25.9 Å². The number of benzene rings is 1. The number of anilines is 1. The number of pyridine rings is 1. The first-order valence-electron chi connectivity index (χ1n) is 9.97. The van der Waals surface area contributed by atoms with Gasteiger partial charge >= 0.3 is 0 Å². The third-order valence-electron chi connectivity index (χ3n) is 5.60. The minimum Gasteiger partial charge on any atom is -0.490 e. The average molecular weight is 444 g/mol. The summed E-state index contributed by atoms with van der Waals surface area (Å²) in [6.07, 6.45) is 4.17. The zero-order valence-electron chi connectivity index (χ0n) is 17.5. The van der Waals surface area contributed by atoms with Crippen LogP contribution in [0.25, 0.3) is 0 Å². The highest BCUT2D eigenvalue weighted by Gasteiger charge is 2.40. The van der Waals surface area contributed by atoms with Crippen molar-refractivity contribution in [2.45, 2.75) is 30.6 Å². The van der Waals surface area contributed by atoms with Crippen molar-refractivity contribution in [3.63, 3.8) is 0 Å². The Morgan fingerprint density at radius 3 is 2.74 bits per heavy atom. The van der Waals surface area contributed by atoms with Gasteiger partial charge in [0.15, 0.2) is 0 Å². The molecular weight excluding hydrogens is 418 g/mol. The van der Waals surface area contributed by atoms with E-state index in [2.05, 4.69) is 14.7 Å². The van der Waals surface area contributed by atoms with Gasteiger partial charge < -0.3 is 20.7 Å². The van der Waals surface area contributed by atoms with Gasteiger partial charge in [-0.1, -0.05) is 12.1 Å². The molecule has 0 radical (unpaired) electrons. The third kappa shape index (κ3) is 4.34. The fraction of sp³-hybridized carbons (Fsp3) is 0.381. The first kappa shape index (κ1) is 21.1. The van der Waals surface area contributed by atoms with Crippen molar-refractivity contribution in [1.29, 1.82) is 0 Å². The molecular formula is C21H25N5O4S. The first-order chi connectivity index (χ1) is 14.7. The molecule has 31 heavy (non-hydrogen) atoms. The minimum atomic E-state index is -3.61. The summed E-state index contributed by atoms with van der Waals surface area (Å²) in [5.74, 6) is 0.700. The van der Waals surface area contributed by atoms with Crippen molar-refractivity contribution in [3.05, 3.63) is 53.2 Å². The molecule has 2 heterocycles. The second-order valence-electron chi connectivity index (χ2n) is 8.17. The molecule has 3 N–H and O–H groups in total. The van der Waals surface area contributed by atoms with E-state index in [-0.39, 0.29) is 24.1 Å². The lowest BCUT2D eigenvalue weighted by molar-refractivity contribution is 0.0691. The average Bonchev–Trinajstić information content (AvgIpc) is 2.68. The van der Waals surface area contributed by atoms with Crippen LogP contribution >= 0.6 is 0 Å². The number of amides is 1. The Balaban J connectivity index is 1.51. The molecule has 1 aliphatic heterocycles. The van der Waals surface area contributed by atoms with Gasteiger partial charge in [0.1, 0.15) is 24.0 Å². The Morgan fingerprint density at radius 1 is 1.29 bits per heavy atom. The van der Waals surface area contributed by atoms with Crippen LogP contribution in [0.3, 0.4) is 0 Å². The third-order valence-corrected chi connectivity index (χ3v) is 6.75. The number of ether oxygens (including phenoxy) is 1. The van der Waals surface area contributed by atoms with Crippen LogP contribution in [0.4, 0.5) is 5.82 Å². The standard InChI is InChI=1S/C21H25N5O4S/c1-26(2)17-11-14(7-10-23-17)20(27)24-21(8-4-9-21)13-30-16-6-3-5-15-12-31(28,29)25-19(22)18(15)16/h3,5-7,10-11H,4,8-9,12-13H2,1-2H3,(H2,22,25)(H,24,27). The van der Waals surface area contributed by atoms with Gasteiger partial charge in [-0.05, 0) is 43.0 Å². The second kappa shape index (κ2) is 7.84. The van der Waals surface area contributed by atoms with E-state index in [4.69, 9.17) is 10.5 Å². The van der Waals surface area contributed by atoms with Crippen molar-refractivity contribution < 1.29 is 17.9 Å². The van der Waals surface area contributed by atoms with Crippen LogP contribution in [0.15, 0.2) is 40.9 Å². The van der Waals surface area contributed by atoms with Crippen LogP contribution in [0, 0.1) is 0 Å². The molecule has 2 aromatic rings. The van der Waals surface area contributed by atoms with E-state index in [0.717, 1.165) is 19.3 Å². The van der Waals surface area contributed by atoms with Crippen LogP contribution in [-0.4, -0.2) is 51.4 Å². The SMILES string of the molecule is CN(C)c1cc(C(=O)NC2(COc3cccc4c3C(N)=NS(=O)(=O)C4)CCC2)ccn1. The number of amidine groups is 1. The Bertz CT molecular complexity index is 1160. The highest BCUT2D eigenvalue weighted by Crippen LogP contribution is 2.35. The van der Waals surface area contributed by atoms with Gasteiger partial charge in [-0.15, -0.1) is 4.40 Å². The molecule has 1 aromatic carbocycles. The molecule has 1 fully saturated rings. The van der Waals surface area contributed by atoms with Gasteiger partial charge in [0.2, 0.25) is 0 Å². The molecule has 1 aliphatic carbocycles. The van der Waals surface area contributed by atoms with Crippen molar-refractivity contribution in [2.24, 2.45) is 10.1 Å². The van der Waals surface area contributed by atoms with E-state index in [9.17, 15) is 13.2 Å². The van der Waals surface area contributed by atoms with Gasteiger partial charge in [-0.2, -0.15) is 0 Å². The highest BCUT2D eigenvalue weighted by atomic mass is 32.2. The topological polar surface area (TPSA) is 127 Å². The van der Waals surface area contributed by atoms with Crippen molar-refractivity contribution in [1.82, 2.24) is 10.3 Å². The minimum absolute atomic E-state index is 0.0726. The molecule has 4 rings (SSSR count). The summed E-state index contributed by atoms with van der Waals surface area (Å²) in [6, 6.07) is 8.59. The summed E-state index contributed by atoms with van der Waals surface area (Å²) in [5.41, 5.74) is 7.02. The Morgan fingerprint density at radius 2 is 2.06 bits per heavy atom. The molecule has 164 valence electrons. The smallest absolute Gasteiger partial charge is 0.259 e.